The average molecular weight is 315 g/mol. The number of alkyl halides is 1. The summed E-state index contributed by atoms with van der Waals surface area (Å²) in [6, 6.07) is 0. The normalized spacial score (nSPS) is 12.6. The molecule has 0 unspecified atom stereocenters. The van der Waals surface area contributed by atoms with Gasteiger partial charge in [-0.15, -0.1) is 11.3 Å². The highest BCUT2D eigenvalue weighted by Gasteiger charge is 2.08. The fourth-order valence-electron chi connectivity index (χ4n) is 0.905. The smallest absolute Gasteiger partial charge is 0.185 e. The summed E-state index contributed by atoms with van der Waals surface area (Å²) in [5, 5.41) is 1.33. The Morgan fingerprint density at radius 3 is 2.57 bits per heavy atom. The van der Waals surface area contributed by atoms with Crippen molar-refractivity contribution in [3.63, 3.8) is 0 Å². The maximum atomic E-state index is 5.91. The average Bonchev–Trinajstić information content (AvgIpc) is 2.40. The minimum absolute atomic E-state index is 0.485. The molecule has 0 saturated carbocycles. The lowest BCUT2D eigenvalue weighted by atomic mass is 10.1. The molecular formula is C9H10BrCl2NS. The van der Waals surface area contributed by atoms with Crippen molar-refractivity contribution in [3.05, 3.63) is 20.1 Å². The van der Waals surface area contributed by atoms with Crippen LogP contribution in [0.1, 0.15) is 18.7 Å². The van der Waals surface area contributed by atoms with Crippen molar-refractivity contribution < 1.29 is 0 Å². The molecule has 5 heteroatoms. The van der Waals surface area contributed by atoms with Crippen LogP contribution in [-0.4, -0.2) is 10.3 Å². The number of hydrogen-bond donors (Lipinski definition) is 0. The molecule has 0 spiro atoms. The summed E-state index contributed by atoms with van der Waals surface area (Å²) >= 11 is 16.5. The molecular weight excluding hydrogens is 305 g/mol. The Kier molecular flexibility index (Phi) is 4.91. The maximum absolute atomic E-state index is 5.91. The monoisotopic (exact) mass is 313 g/mol. The fourth-order valence-corrected chi connectivity index (χ4v) is 3.05. The van der Waals surface area contributed by atoms with E-state index < -0.39 is 0 Å². The number of hydrogen-bond acceptors (Lipinski definition) is 2. The molecule has 1 aromatic rings. The van der Waals surface area contributed by atoms with Gasteiger partial charge in [0, 0.05) is 5.33 Å². The minimum Gasteiger partial charge on any atom is -0.212 e. The van der Waals surface area contributed by atoms with Crippen LogP contribution >= 0.6 is 50.5 Å². The van der Waals surface area contributed by atoms with Crippen molar-refractivity contribution >= 4 is 56.5 Å². The lowest BCUT2D eigenvalue weighted by Crippen LogP contribution is -1.94. The van der Waals surface area contributed by atoms with Crippen LogP contribution in [0.4, 0.5) is 0 Å². The molecule has 0 fully saturated rings. The van der Waals surface area contributed by atoms with E-state index in [2.05, 4.69) is 34.8 Å². The predicted molar refractivity (Wildman–Crippen MR) is 68.7 cm³/mol. The van der Waals surface area contributed by atoms with Gasteiger partial charge in [-0.1, -0.05) is 58.6 Å². The predicted octanol–water partition coefficient (Wildman–Crippen LogP) is 4.88. The van der Waals surface area contributed by atoms with Crippen LogP contribution in [0.25, 0.3) is 6.08 Å². The zero-order valence-electron chi connectivity index (χ0n) is 7.85. The van der Waals surface area contributed by atoms with Gasteiger partial charge in [0.15, 0.2) is 4.47 Å². The number of rotatable bonds is 3. The Labute approximate surface area is 106 Å². The third-order valence-corrected chi connectivity index (χ3v) is 3.95. The standard InChI is InChI=1S/C9H10BrCl2NS/c1-5(2)6(4-10)3-7-8(11)13-9(12)14-7/h3,5H,4H2,1-2H3/b6-3+. The van der Waals surface area contributed by atoms with Gasteiger partial charge in [-0.05, 0) is 12.0 Å². The van der Waals surface area contributed by atoms with Gasteiger partial charge in [0.1, 0.15) is 5.15 Å². The number of aromatic nitrogens is 1. The fraction of sp³-hybridized carbons (Fsp3) is 0.444. The van der Waals surface area contributed by atoms with E-state index in [0.717, 1.165) is 10.2 Å². The molecule has 0 aromatic carbocycles. The van der Waals surface area contributed by atoms with Gasteiger partial charge < -0.3 is 0 Å². The second-order valence-corrected chi connectivity index (χ2v) is 5.66. The van der Waals surface area contributed by atoms with E-state index >= 15 is 0 Å². The summed E-state index contributed by atoms with van der Waals surface area (Å²) in [6.45, 7) is 4.29. The molecule has 1 aromatic heterocycles. The molecule has 1 nitrogen and oxygen atoms in total. The van der Waals surface area contributed by atoms with E-state index in [1.165, 1.54) is 16.9 Å². The van der Waals surface area contributed by atoms with Crippen LogP contribution in [0.3, 0.4) is 0 Å². The van der Waals surface area contributed by atoms with Gasteiger partial charge in [-0.2, -0.15) is 0 Å². The molecule has 0 radical (unpaired) electrons. The van der Waals surface area contributed by atoms with Gasteiger partial charge in [0.05, 0.1) is 4.88 Å². The highest BCUT2D eigenvalue weighted by Crippen LogP contribution is 2.30. The Morgan fingerprint density at radius 1 is 1.57 bits per heavy atom. The van der Waals surface area contributed by atoms with Gasteiger partial charge in [0.25, 0.3) is 0 Å². The summed E-state index contributed by atoms with van der Waals surface area (Å²) in [4.78, 5) is 4.88. The zero-order valence-corrected chi connectivity index (χ0v) is 11.8. The van der Waals surface area contributed by atoms with Crippen LogP contribution in [0.2, 0.25) is 9.62 Å². The summed E-state index contributed by atoms with van der Waals surface area (Å²) < 4.78 is 0.485. The van der Waals surface area contributed by atoms with Gasteiger partial charge >= 0.3 is 0 Å². The Hall–Kier alpha value is 0.430. The Bertz CT molecular complexity index is 347. The quantitative estimate of drug-likeness (QED) is 0.724. The number of allylic oxidation sites excluding steroid dienone is 1. The Morgan fingerprint density at radius 2 is 2.21 bits per heavy atom. The maximum Gasteiger partial charge on any atom is 0.185 e. The molecule has 1 heterocycles. The summed E-state index contributed by atoms with van der Waals surface area (Å²) in [7, 11) is 0. The molecule has 0 aliphatic carbocycles. The molecule has 78 valence electrons. The third-order valence-electron chi connectivity index (χ3n) is 1.80. The second kappa shape index (κ2) is 5.50. The van der Waals surface area contributed by atoms with Crippen LogP contribution in [-0.2, 0) is 0 Å². The van der Waals surface area contributed by atoms with Crippen LogP contribution in [0, 0.1) is 5.92 Å². The van der Waals surface area contributed by atoms with Crippen molar-refractivity contribution in [1.82, 2.24) is 4.98 Å². The van der Waals surface area contributed by atoms with Crippen molar-refractivity contribution in [2.45, 2.75) is 13.8 Å². The topological polar surface area (TPSA) is 12.9 Å². The van der Waals surface area contributed by atoms with E-state index in [0.29, 0.717) is 15.5 Å². The van der Waals surface area contributed by atoms with Crippen molar-refractivity contribution in [2.24, 2.45) is 5.92 Å². The lowest BCUT2D eigenvalue weighted by molar-refractivity contribution is 0.781. The molecule has 0 aliphatic rings. The van der Waals surface area contributed by atoms with E-state index in [4.69, 9.17) is 23.2 Å². The van der Waals surface area contributed by atoms with Gasteiger partial charge in [0.2, 0.25) is 0 Å². The minimum atomic E-state index is 0.485. The summed E-state index contributed by atoms with van der Waals surface area (Å²) in [6.07, 6.45) is 2.05. The molecule has 0 atom stereocenters. The number of halogens is 3. The van der Waals surface area contributed by atoms with Crippen molar-refractivity contribution in [3.8, 4) is 0 Å². The van der Waals surface area contributed by atoms with E-state index in [1.54, 1.807) is 0 Å². The molecule has 0 saturated heterocycles. The molecule has 0 amide bonds. The first-order chi connectivity index (χ1) is 6.54. The SMILES string of the molecule is CC(C)/C(=C/c1sc(Cl)nc1Cl)CBr. The van der Waals surface area contributed by atoms with E-state index in [9.17, 15) is 0 Å². The number of thiazole rings is 1. The van der Waals surface area contributed by atoms with Crippen LogP contribution in [0.15, 0.2) is 5.57 Å². The molecule has 1 rings (SSSR count). The largest absolute Gasteiger partial charge is 0.212 e. The first-order valence-corrected chi connectivity index (χ1v) is 6.82. The highest BCUT2D eigenvalue weighted by molar-refractivity contribution is 9.09. The van der Waals surface area contributed by atoms with Gasteiger partial charge in [-0.3, -0.25) is 0 Å². The molecule has 0 N–H and O–H groups in total. The first-order valence-electron chi connectivity index (χ1n) is 4.12. The Balaban J connectivity index is 3.00. The zero-order chi connectivity index (χ0) is 10.7. The van der Waals surface area contributed by atoms with E-state index in [-0.39, 0.29) is 0 Å². The highest BCUT2D eigenvalue weighted by atomic mass is 79.9. The van der Waals surface area contributed by atoms with Gasteiger partial charge in [-0.25, -0.2) is 4.98 Å². The van der Waals surface area contributed by atoms with E-state index in [1.807, 2.05) is 6.08 Å². The second-order valence-electron chi connectivity index (χ2n) is 3.13. The third kappa shape index (κ3) is 3.23. The van der Waals surface area contributed by atoms with Crippen LogP contribution < -0.4 is 0 Å². The summed E-state index contributed by atoms with van der Waals surface area (Å²) in [5.74, 6) is 0.492. The summed E-state index contributed by atoms with van der Waals surface area (Å²) in [5.41, 5.74) is 1.28. The van der Waals surface area contributed by atoms with Crippen LogP contribution in [0.5, 0.6) is 0 Å². The molecule has 14 heavy (non-hydrogen) atoms. The first kappa shape index (κ1) is 12.5. The lowest BCUT2D eigenvalue weighted by Gasteiger charge is -2.06. The number of nitrogens with zero attached hydrogens (tertiary/aromatic N) is 1. The van der Waals surface area contributed by atoms with Crippen molar-refractivity contribution in [1.29, 1.82) is 0 Å². The molecule has 0 bridgehead atoms. The van der Waals surface area contributed by atoms with Crippen molar-refractivity contribution in [2.75, 3.05) is 5.33 Å². The molecule has 0 aliphatic heterocycles.